The van der Waals surface area contributed by atoms with Crippen molar-refractivity contribution in [3.8, 4) is 0 Å². The Hall–Kier alpha value is -3.04. The third-order valence-corrected chi connectivity index (χ3v) is 4.19. The summed E-state index contributed by atoms with van der Waals surface area (Å²) in [6.45, 7) is 4.31. The van der Waals surface area contributed by atoms with E-state index in [0.717, 1.165) is 30.0 Å². The van der Waals surface area contributed by atoms with Crippen LogP contribution in [0, 0.1) is 6.92 Å². The molecule has 24 heavy (non-hydrogen) atoms. The Morgan fingerprint density at radius 3 is 3.00 bits per heavy atom. The smallest absolute Gasteiger partial charge is 0.272 e. The van der Waals surface area contributed by atoms with Crippen molar-refractivity contribution in [1.82, 2.24) is 45.1 Å². The summed E-state index contributed by atoms with van der Waals surface area (Å²) in [6.07, 6.45) is 4.12. The Bertz CT molecular complexity index is 848. The highest BCUT2D eigenvalue weighted by atomic mass is 16.2. The summed E-state index contributed by atoms with van der Waals surface area (Å²) in [4.78, 5) is 14.4. The maximum Gasteiger partial charge on any atom is 0.272 e. The van der Waals surface area contributed by atoms with Crippen LogP contribution in [0.25, 0.3) is 0 Å². The van der Waals surface area contributed by atoms with Crippen LogP contribution in [0.15, 0.2) is 18.5 Å². The number of fused-ring (bicyclic) bond motifs is 1. The highest BCUT2D eigenvalue weighted by Gasteiger charge is 2.25. The summed E-state index contributed by atoms with van der Waals surface area (Å²) in [6, 6.07) is 1.68. The van der Waals surface area contributed by atoms with E-state index in [1.54, 1.807) is 28.0 Å². The first-order valence-corrected chi connectivity index (χ1v) is 7.77. The molecule has 0 atom stereocenters. The van der Waals surface area contributed by atoms with Crippen molar-refractivity contribution in [2.24, 2.45) is 0 Å². The molecule has 124 valence electrons. The molecule has 0 aliphatic carbocycles. The van der Waals surface area contributed by atoms with Gasteiger partial charge in [0.2, 0.25) is 0 Å². The molecule has 0 saturated carbocycles. The molecule has 0 unspecified atom stereocenters. The Morgan fingerprint density at radius 1 is 1.33 bits per heavy atom. The fourth-order valence-corrected chi connectivity index (χ4v) is 2.84. The van der Waals surface area contributed by atoms with Gasteiger partial charge < -0.3 is 4.90 Å². The van der Waals surface area contributed by atoms with Gasteiger partial charge in [-0.2, -0.15) is 5.10 Å². The molecular formula is C14H17N9O. The van der Waals surface area contributed by atoms with Crippen molar-refractivity contribution in [1.29, 1.82) is 0 Å². The van der Waals surface area contributed by atoms with E-state index in [1.165, 1.54) is 0 Å². The van der Waals surface area contributed by atoms with Crippen LogP contribution in [0.1, 0.15) is 34.0 Å². The van der Waals surface area contributed by atoms with Gasteiger partial charge >= 0.3 is 0 Å². The number of amides is 1. The van der Waals surface area contributed by atoms with Crippen LogP contribution in [0.4, 0.5) is 0 Å². The molecule has 0 fully saturated rings. The van der Waals surface area contributed by atoms with E-state index in [9.17, 15) is 4.79 Å². The van der Waals surface area contributed by atoms with Gasteiger partial charge in [-0.05, 0) is 19.4 Å². The number of hydrogen-bond donors (Lipinski definition) is 1. The molecule has 1 N–H and O–H groups in total. The van der Waals surface area contributed by atoms with Crippen LogP contribution in [-0.4, -0.2) is 57.5 Å². The summed E-state index contributed by atoms with van der Waals surface area (Å²) < 4.78 is 3.65. The van der Waals surface area contributed by atoms with Crippen molar-refractivity contribution in [2.45, 2.75) is 33.0 Å². The molecule has 0 saturated heterocycles. The van der Waals surface area contributed by atoms with Crippen LogP contribution in [0.2, 0.25) is 0 Å². The number of H-pyrrole nitrogens is 1. The minimum Gasteiger partial charge on any atom is -0.331 e. The minimum atomic E-state index is -0.0648. The molecule has 3 aromatic heterocycles. The number of aromatic amines is 1. The monoisotopic (exact) mass is 327 g/mol. The zero-order valence-electron chi connectivity index (χ0n) is 13.3. The zero-order valence-corrected chi connectivity index (χ0v) is 13.3. The van der Waals surface area contributed by atoms with Gasteiger partial charge in [0.25, 0.3) is 5.91 Å². The van der Waals surface area contributed by atoms with E-state index in [0.29, 0.717) is 25.3 Å². The second-order valence-electron chi connectivity index (χ2n) is 5.79. The second-order valence-corrected chi connectivity index (χ2v) is 5.79. The zero-order chi connectivity index (χ0) is 16.5. The van der Waals surface area contributed by atoms with Gasteiger partial charge in [-0.15, -0.1) is 10.2 Å². The number of carbonyl (C=O) groups is 1. The van der Waals surface area contributed by atoms with E-state index in [4.69, 9.17) is 0 Å². The number of aromatic nitrogens is 8. The molecule has 3 aromatic rings. The topological polar surface area (TPSA) is 110 Å². The Labute approximate surface area is 137 Å². The van der Waals surface area contributed by atoms with E-state index in [2.05, 4.69) is 30.8 Å². The fraction of sp³-hybridized carbons (Fsp3) is 0.429. The number of rotatable bonds is 3. The number of hydrogen-bond acceptors (Lipinski definition) is 6. The van der Waals surface area contributed by atoms with Gasteiger partial charge in [0.1, 0.15) is 11.4 Å². The predicted octanol–water partition coefficient (Wildman–Crippen LogP) is -0.00448. The van der Waals surface area contributed by atoms with Crippen LogP contribution < -0.4 is 0 Å². The molecule has 0 aromatic carbocycles. The first kappa shape index (κ1) is 14.5. The van der Waals surface area contributed by atoms with Gasteiger partial charge in [-0.1, -0.05) is 10.4 Å². The average Bonchev–Trinajstić information content (AvgIpc) is 3.29. The fourth-order valence-electron chi connectivity index (χ4n) is 2.84. The van der Waals surface area contributed by atoms with Crippen LogP contribution >= 0.6 is 0 Å². The number of aryl methyl sites for hydroxylation is 2. The van der Waals surface area contributed by atoms with E-state index >= 15 is 0 Å². The highest BCUT2D eigenvalue weighted by molar-refractivity contribution is 5.92. The summed E-state index contributed by atoms with van der Waals surface area (Å²) >= 11 is 0. The Morgan fingerprint density at radius 2 is 2.25 bits per heavy atom. The van der Waals surface area contributed by atoms with Gasteiger partial charge in [0, 0.05) is 19.3 Å². The molecular weight excluding hydrogens is 310 g/mol. The lowest BCUT2D eigenvalue weighted by molar-refractivity contribution is 0.0739. The Balaban J connectivity index is 1.61. The van der Waals surface area contributed by atoms with Crippen LogP contribution in [0.3, 0.4) is 0 Å². The van der Waals surface area contributed by atoms with Crippen molar-refractivity contribution in [2.75, 3.05) is 6.54 Å². The van der Waals surface area contributed by atoms with E-state index < -0.39 is 0 Å². The lowest BCUT2D eigenvalue weighted by atomic mass is 10.2. The summed E-state index contributed by atoms with van der Waals surface area (Å²) in [5.74, 6) is -0.0648. The lowest BCUT2D eigenvalue weighted by Gasteiger charge is -2.19. The average molecular weight is 327 g/mol. The molecule has 0 radical (unpaired) electrons. The van der Waals surface area contributed by atoms with Crippen LogP contribution in [0.5, 0.6) is 0 Å². The molecule has 10 heteroatoms. The molecule has 1 aliphatic heterocycles. The summed E-state index contributed by atoms with van der Waals surface area (Å²) in [5, 5.41) is 23.0. The van der Waals surface area contributed by atoms with E-state index in [1.807, 2.05) is 11.6 Å². The first-order valence-electron chi connectivity index (χ1n) is 7.77. The van der Waals surface area contributed by atoms with Crippen molar-refractivity contribution in [3.63, 3.8) is 0 Å². The summed E-state index contributed by atoms with van der Waals surface area (Å²) in [5.41, 5.74) is 3.20. The molecule has 4 heterocycles. The maximum atomic E-state index is 12.6. The SMILES string of the molecule is Cc1cnnn1Cc1nnn2c1CN(C(=O)c1ccn[nH]1)CCC2. The third-order valence-electron chi connectivity index (χ3n) is 4.19. The van der Waals surface area contributed by atoms with E-state index in [-0.39, 0.29) is 5.91 Å². The quantitative estimate of drug-likeness (QED) is 0.725. The molecule has 4 rings (SSSR count). The van der Waals surface area contributed by atoms with Crippen molar-refractivity contribution < 1.29 is 4.79 Å². The molecule has 1 aliphatic rings. The second kappa shape index (κ2) is 5.87. The first-order chi connectivity index (χ1) is 11.7. The standard InChI is InChI=1S/C14H17N9O/c1-10-7-16-19-23(10)8-12-13-9-21(5-2-6-22(13)20-18-12)14(24)11-3-4-15-17-11/h3-4,7H,2,5-6,8-9H2,1H3,(H,15,17). The van der Waals surface area contributed by atoms with Gasteiger partial charge in [0.15, 0.2) is 0 Å². The summed E-state index contributed by atoms with van der Waals surface area (Å²) in [7, 11) is 0. The maximum absolute atomic E-state index is 12.6. The number of nitrogens with one attached hydrogen (secondary N) is 1. The molecule has 10 nitrogen and oxygen atoms in total. The van der Waals surface area contributed by atoms with Crippen molar-refractivity contribution >= 4 is 5.91 Å². The predicted molar refractivity (Wildman–Crippen MR) is 81.8 cm³/mol. The molecule has 1 amide bonds. The minimum absolute atomic E-state index is 0.0648. The normalized spacial score (nSPS) is 14.5. The lowest BCUT2D eigenvalue weighted by Crippen LogP contribution is -2.31. The van der Waals surface area contributed by atoms with Crippen molar-refractivity contribution in [3.05, 3.63) is 41.2 Å². The third kappa shape index (κ3) is 2.55. The van der Waals surface area contributed by atoms with Gasteiger partial charge in [-0.25, -0.2) is 9.36 Å². The molecule has 0 bridgehead atoms. The molecule has 0 spiro atoms. The highest BCUT2D eigenvalue weighted by Crippen LogP contribution is 2.17. The number of carbonyl (C=O) groups excluding carboxylic acids is 1. The Kier molecular flexibility index (Phi) is 3.56. The number of nitrogens with zero attached hydrogens (tertiary/aromatic N) is 8. The van der Waals surface area contributed by atoms with Gasteiger partial charge in [-0.3, -0.25) is 9.89 Å². The largest absolute Gasteiger partial charge is 0.331 e. The van der Waals surface area contributed by atoms with Gasteiger partial charge in [0.05, 0.1) is 30.7 Å². The van der Waals surface area contributed by atoms with Crippen LogP contribution in [-0.2, 0) is 19.6 Å².